The summed E-state index contributed by atoms with van der Waals surface area (Å²) in [5, 5.41) is 5.14. The highest BCUT2D eigenvalue weighted by atomic mass is 16.2. The predicted molar refractivity (Wildman–Crippen MR) is 84.2 cm³/mol. The molecule has 0 bridgehead atoms. The number of likely N-dealkylation sites (N-methyl/N-ethyl adjacent to an activating group) is 1. The van der Waals surface area contributed by atoms with Crippen molar-refractivity contribution < 1.29 is 14.4 Å². The molecule has 0 unspecified atom stereocenters. The van der Waals surface area contributed by atoms with Gasteiger partial charge in [0.1, 0.15) is 0 Å². The molecular formula is C15H22N4O3. The Hall–Kier alpha value is -2.41. The molecule has 0 aliphatic heterocycles. The van der Waals surface area contributed by atoms with Crippen molar-refractivity contribution in [3.63, 3.8) is 0 Å². The summed E-state index contributed by atoms with van der Waals surface area (Å²) in [7, 11) is 1.50. The summed E-state index contributed by atoms with van der Waals surface area (Å²) in [4.78, 5) is 36.0. The van der Waals surface area contributed by atoms with Crippen molar-refractivity contribution in [1.82, 2.24) is 10.2 Å². The fourth-order valence-electron chi connectivity index (χ4n) is 1.76. The minimum Gasteiger partial charge on any atom is -0.346 e. The standard InChI is InChI=1S/C15H22N4O3/c1-10-5-4-6-12(11(10)2)18-14(21)9-19(3)15(22)8-17-13(20)7-16/h4-6H,7-9,16H2,1-3H3,(H,17,20)(H,18,21). The van der Waals surface area contributed by atoms with Crippen molar-refractivity contribution >= 4 is 23.4 Å². The topological polar surface area (TPSA) is 105 Å². The molecule has 4 N–H and O–H groups in total. The van der Waals surface area contributed by atoms with Crippen LogP contribution in [-0.2, 0) is 14.4 Å². The van der Waals surface area contributed by atoms with Crippen LogP contribution in [0, 0.1) is 13.8 Å². The summed E-state index contributed by atoms with van der Waals surface area (Å²) in [6.07, 6.45) is 0. The maximum absolute atomic E-state index is 12.0. The molecule has 0 aliphatic carbocycles. The molecule has 0 atom stereocenters. The molecule has 1 aromatic carbocycles. The number of nitrogens with one attached hydrogen (secondary N) is 2. The van der Waals surface area contributed by atoms with Crippen molar-refractivity contribution in [2.24, 2.45) is 5.73 Å². The summed E-state index contributed by atoms with van der Waals surface area (Å²) in [6, 6.07) is 5.62. The number of nitrogens with two attached hydrogens (primary N) is 1. The third-order valence-electron chi connectivity index (χ3n) is 3.31. The van der Waals surface area contributed by atoms with Crippen molar-refractivity contribution in [2.75, 3.05) is 32.0 Å². The second-order valence-corrected chi connectivity index (χ2v) is 5.03. The van der Waals surface area contributed by atoms with Gasteiger partial charge in [-0.05, 0) is 31.0 Å². The molecule has 7 heteroatoms. The van der Waals surface area contributed by atoms with Gasteiger partial charge in [-0.3, -0.25) is 14.4 Å². The predicted octanol–water partition coefficient (Wildman–Crippen LogP) is -0.225. The molecule has 0 heterocycles. The third-order valence-corrected chi connectivity index (χ3v) is 3.31. The van der Waals surface area contributed by atoms with E-state index >= 15 is 0 Å². The summed E-state index contributed by atoms with van der Waals surface area (Å²) in [5.74, 6) is -1.07. The number of nitrogens with zero attached hydrogens (tertiary/aromatic N) is 1. The maximum atomic E-state index is 12.0. The molecule has 0 spiro atoms. The Bertz CT molecular complexity index is 572. The van der Waals surface area contributed by atoms with Crippen LogP contribution in [0.15, 0.2) is 18.2 Å². The molecule has 0 saturated heterocycles. The van der Waals surface area contributed by atoms with Gasteiger partial charge in [0.05, 0.1) is 19.6 Å². The van der Waals surface area contributed by atoms with Crippen LogP contribution in [0.3, 0.4) is 0 Å². The molecule has 0 saturated carbocycles. The van der Waals surface area contributed by atoms with Crippen LogP contribution in [0.2, 0.25) is 0 Å². The number of aryl methyl sites for hydroxylation is 1. The molecule has 120 valence electrons. The van der Waals surface area contributed by atoms with Gasteiger partial charge in [0, 0.05) is 12.7 Å². The average molecular weight is 306 g/mol. The SMILES string of the molecule is Cc1cccc(NC(=O)CN(C)C(=O)CNC(=O)CN)c1C. The molecule has 7 nitrogen and oxygen atoms in total. The highest BCUT2D eigenvalue weighted by Crippen LogP contribution is 2.17. The number of carbonyl (C=O) groups excluding carboxylic acids is 3. The number of hydrogen-bond acceptors (Lipinski definition) is 4. The highest BCUT2D eigenvalue weighted by molar-refractivity contribution is 5.95. The van der Waals surface area contributed by atoms with Gasteiger partial charge in [0.2, 0.25) is 17.7 Å². The van der Waals surface area contributed by atoms with E-state index in [4.69, 9.17) is 5.73 Å². The van der Waals surface area contributed by atoms with Crippen molar-refractivity contribution in [3.05, 3.63) is 29.3 Å². The van der Waals surface area contributed by atoms with E-state index in [1.807, 2.05) is 32.0 Å². The Labute approximate surface area is 129 Å². The van der Waals surface area contributed by atoms with Gasteiger partial charge >= 0.3 is 0 Å². The Morgan fingerprint density at radius 3 is 2.50 bits per heavy atom. The Morgan fingerprint density at radius 2 is 1.86 bits per heavy atom. The van der Waals surface area contributed by atoms with Crippen LogP contribution in [0.5, 0.6) is 0 Å². The first-order valence-corrected chi connectivity index (χ1v) is 6.92. The molecule has 22 heavy (non-hydrogen) atoms. The highest BCUT2D eigenvalue weighted by Gasteiger charge is 2.14. The van der Waals surface area contributed by atoms with Crippen molar-refractivity contribution in [1.29, 1.82) is 0 Å². The van der Waals surface area contributed by atoms with Crippen LogP contribution in [0.25, 0.3) is 0 Å². The first-order chi connectivity index (χ1) is 10.3. The van der Waals surface area contributed by atoms with Gasteiger partial charge in [-0.25, -0.2) is 0 Å². The number of amides is 3. The molecule has 3 amide bonds. The molecule has 0 aromatic heterocycles. The largest absolute Gasteiger partial charge is 0.346 e. The molecule has 0 radical (unpaired) electrons. The van der Waals surface area contributed by atoms with E-state index < -0.39 is 5.91 Å². The fraction of sp³-hybridized carbons (Fsp3) is 0.400. The van der Waals surface area contributed by atoms with E-state index in [2.05, 4.69) is 10.6 Å². The summed E-state index contributed by atoms with van der Waals surface area (Å²) >= 11 is 0. The smallest absolute Gasteiger partial charge is 0.243 e. The lowest BCUT2D eigenvalue weighted by atomic mass is 10.1. The zero-order chi connectivity index (χ0) is 16.7. The Balaban J connectivity index is 2.52. The number of anilines is 1. The Kier molecular flexibility index (Phi) is 6.52. The summed E-state index contributed by atoms with van der Waals surface area (Å²) in [6.45, 7) is 3.43. The molecule has 0 aliphatic rings. The molecule has 1 aromatic rings. The molecule has 1 rings (SSSR count). The van der Waals surface area contributed by atoms with Crippen LogP contribution >= 0.6 is 0 Å². The summed E-state index contributed by atoms with van der Waals surface area (Å²) < 4.78 is 0. The second kappa shape index (κ2) is 8.14. The van der Waals surface area contributed by atoms with E-state index in [1.54, 1.807) is 0 Å². The van der Waals surface area contributed by atoms with E-state index in [0.29, 0.717) is 0 Å². The zero-order valence-electron chi connectivity index (χ0n) is 13.1. The molecular weight excluding hydrogens is 284 g/mol. The van der Waals surface area contributed by atoms with Crippen LogP contribution in [0.1, 0.15) is 11.1 Å². The second-order valence-electron chi connectivity index (χ2n) is 5.03. The average Bonchev–Trinajstić information content (AvgIpc) is 2.48. The van der Waals surface area contributed by atoms with Gasteiger partial charge in [0.25, 0.3) is 0 Å². The lowest BCUT2D eigenvalue weighted by Gasteiger charge is -2.18. The lowest BCUT2D eigenvalue weighted by molar-refractivity contribution is -0.134. The van der Waals surface area contributed by atoms with Crippen molar-refractivity contribution in [2.45, 2.75) is 13.8 Å². The first-order valence-electron chi connectivity index (χ1n) is 6.92. The van der Waals surface area contributed by atoms with Gasteiger partial charge in [-0.2, -0.15) is 0 Å². The van der Waals surface area contributed by atoms with Crippen LogP contribution < -0.4 is 16.4 Å². The first kappa shape index (κ1) is 17.6. The van der Waals surface area contributed by atoms with E-state index in [9.17, 15) is 14.4 Å². The van der Waals surface area contributed by atoms with Gasteiger partial charge < -0.3 is 21.3 Å². The van der Waals surface area contributed by atoms with Gasteiger partial charge in [-0.1, -0.05) is 12.1 Å². The quantitative estimate of drug-likeness (QED) is 0.675. The minimum atomic E-state index is -0.415. The van der Waals surface area contributed by atoms with Crippen molar-refractivity contribution in [3.8, 4) is 0 Å². The van der Waals surface area contributed by atoms with E-state index in [1.165, 1.54) is 11.9 Å². The van der Waals surface area contributed by atoms with Crippen LogP contribution in [-0.4, -0.2) is 49.3 Å². The van der Waals surface area contributed by atoms with E-state index in [0.717, 1.165) is 16.8 Å². The number of hydrogen-bond donors (Lipinski definition) is 3. The van der Waals surface area contributed by atoms with E-state index in [-0.39, 0.29) is 31.4 Å². The number of rotatable bonds is 6. The Morgan fingerprint density at radius 1 is 1.18 bits per heavy atom. The third kappa shape index (κ3) is 5.17. The zero-order valence-corrected chi connectivity index (χ0v) is 13.1. The monoisotopic (exact) mass is 306 g/mol. The fourth-order valence-corrected chi connectivity index (χ4v) is 1.76. The maximum Gasteiger partial charge on any atom is 0.243 e. The molecule has 0 fully saturated rings. The lowest BCUT2D eigenvalue weighted by Crippen LogP contribution is -2.42. The number of benzene rings is 1. The number of carbonyl (C=O) groups is 3. The minimum absolute atomic E-state index is 0.0925. The van der Waals surface area contributed by atoms with Gasteiger partial charge in [-0.15, -0.1) is 0 Å². The normalized spacial score (nSPS) is 10.0. The van der Waals surface area contributed by atoms with Crippen LogP contribution in [0.4, 0.5) is 5.69 Å². The summed E-state index contributed by atoms with van der Waals surface area (Å²) in [5.41, 5.74) is 7.91. The van der Waals surface area contributed by atoms with Gasteiger partial charge in [0.15, 0.2) is 0 Å².